The minimum atomic E-state index is -0.445. The lowest BCUT2D eigenvalue weighted by atomic mass is 10.2. The Morgan fingerprint density at radius 3 is 2.88 bits per heavy atom. The maximum absolute atomic E-state index is 12.3. The lowest BCUT2D eigenvalue weighted by Gasteiger charge is -2.07. The van der Waals surface area contributed by atoms with Crippen LogP contribution in [0.2, 0.25) is 0 Å². The molecule has 0 saturated carbocycles. The molecule has 2 N–H and O–H groups in total. The molecule has 0 atom stereocenters. The summed E-state index contributed by atoms with van der Waals surface area (Å²) in [6, 6.07) is 11.9. The molecule has 3 rings (SSSR count). The molecule has 8 nitrogen and oxygen atoms in total. The number of nitrogens with one attached hydrogen (secondary N) is 2. The molecular weight excluding hydrogens is 308 g/mol. The van der Waals surface area contributed by atoms with Crippen molar-refractivity contribution in [1.29, 1.82) is 5.26 Å². The molecule has 0 fully saturated rings. The third-order valence-electron chi connectivity index (χ3n) is 3.05. The number of aromatic nitrogens is 3. The molecule has 2 aromatic heterocycles. The SMILES string of the molecule is Cc1cc(Nc2nccc(C(=O)Nc3ccccc3C#N)n2)no1. The Balaban J connectivity index is 1.78. The van der Waals surface area contributed by atoms with Crippen molar-refractivity contribution in [2.24, 2.45) is 0 Å². The lowest BCUT2D eigenvalue weighted by Crippen LogP contribution is -2.15. The van der Waals surface area contributed by atoms with Crippen LogP contribution in [0.15, 0.2) is 47.1 Å². The van der Waals surface area contributed by atoms with Crippen LogP contribution < -0.4 is 10.6 Å². The Hall–Kier alpha value is -3.73. The summed E-state index contributed by atoms with van der Waals surface area (Å²) in [5, 5.41) is 18.3. The molecule has 118 valence electrons. The molecule has 3 aromatic rings. The Kier molecular flexibility index (Phi) is 4.16. The van der Waals surface area contributed by atoms with E-state index < -0.39 is 5.91 Å². The summed E-state index contributed by atoms with van der Waals surface area (Å²) < 4.78 is 4.94. The van der Waals surface area contributed by atoms with Gasteiger partial charge in [-0.2, -0.15) is 5.26 Å². The third kappa shape index (κ3) is 3.36. The lowest BCUT2D eigenvalue weighted by molar-refractivity contribution is 0.102. The van der Waals surface area contributed by atoms with E-state index in [1.807, 2.05) is 6.07 Å². The summed E-state index contributed by atoms with van der Waals surface area (Å²) in [6.45, 7) is 1.76. The molecule has 1 aromatic carbocycles. The highest BCUT2D eigenvalue weighted by molar-refractivity contribution is 6.03. The quantitative estimate of drug-likeness (QED) is 0.758. The maximum atomic E-state index is 12.3. The number of nitrogens with zero attached hydrogens (tertiary/aromatic N) is 4. The fourth-order valence-corrected chi connectivity index (χ4v) is 1.96. The van der Waals surface area contributed by atoms with Gasteiger partial charge in [-0.25, -0.2) is 9.97 Å². The number of aryl methyl sites for hydroxylation is 1. The first-order valence-electron chi connectivity index (χ1n) is 6.99. The normalized spacial score (nSPS) is 10.0. The number of carbonyl (C=O) groups is 1. The van der Waals surface area contributed by atoms with Gasteiger partial charge in [0, 0.05) is 12.3 Å². The molecular formula is C16H12N6O2. The second kappa shape index (κ2) is 6.58. The van der Waals surface area contributed by atoms with Gasteiger partial charge in [-0.15, -0.1) is 0 Å². The maximum Gasteiger partial charge on any atom is 0.274 e. The van der Waals surface area contributed by atoms with Gasteiger partial charge in [-0.05, 0) is 25.1 Å². The highest BCUT2D eigenvalue weighted by Crippen LogP contribution is 2.16. The first-order valence-corrected chi connectivity index (χ1v) is 6.99. The third-order valence-corrected chi connectivity index (χ3v) is 3.05. The van der Waals surface area contributed by atoms with Crippen LogP contribution in [0.25, 0.3) is 0 Å². The number of rotatable bonds is 4. The molecule has 0 radical (unpaired) electrons. The Labute approximate surface area is 137 Å². The minimum Gasteiger partial charge on any atom is -0.360 e. The van der Waals surface area contributed by atoms with Crippen LogP contribution in [-0.4, -0.2) is 21.0 Å². The largest absolute Gasteiger partial charge is 0.360 e. The molecule has 0 aliphatic carbocycles. The van der Waals surface area contributed by atoms with Crippen molar-refractivity contribution >= 4 is 23.4 Å². The zero-order valence-electron chi connectivity index (χ0n) is 12.6. The van der Waals surface area contributed by atoms with Crippen molar-refractivity contribution in [3.63, 3.8) is 0 Å². The van der Waals surface area contributed by atoms with E-state index in [-0.39, 0.29) is 11.6 Å². The van der Waals surface area contributed by atoms with E-state index in [2.05, 4.69) is 25.8 Å². The predicted molar refractivity (Wildman–Crippen MR) is 85.7 cm³/mol. The summed E-state index contributed by atoms with van der Waals surface area (Å²) in [5.41, 5.74) is 0.946. The van der Waals surface area contributed by atoms with Crippen LogP contribution >= 0.6 is 0 Å². The van der Waals surface area contributed by atoms with Crippen LogP contribution in [0.4, 0.5) is 17.5 Å². The fraction of sp³-hybridized carbons (Fsp3) is 0.0625. The van der Waals surface area contributed by atoms with Crippen LogP contribution in [0.3, 0.4) is 0 Å². The van der Waals surface area contributed by atoms with Crippen molar-refractivity contribution in [1.82, 2.24) is 15.1 Å². The smallest absolute Gasteiger partial charge is 0.274 e. The molecule has 24 heavy (non-hydrogen) atoms. The highest BCUT2D eigenvalue weighted by atomic mass is 16.5. The van der Waals surface area contributed by atoms with E-state index in [1.165, 1.54) is 12.3 Å². The van der Waals surface area contributed by atoms with Gasteiger partial charge in [0.15, 0.2) is 5.82 Å². The number of hydrogen-bond acceptors (Lipinski definition) is 7. The number of anilines is 3. The van der Waals surface area contributed by atoms with Crippen molar-refractivity contribution < 1.29 is 9.32 Å². The van der Waals surface area contributed by atoms with E-state index in [0.717, 1.165) is 0 Å². The van der Waals surface area contributed by atoms with Crippen molar-refractivity contribution in [2.45, 2.75) is 6.92 Å². The fourth-order valence-electron chi connectivity index (χ4n) is 1.96. The average molecular weight is 320 g/mol. The predicted octanol–water partition coefficient (Wildman–Crippen LogP) is 2.64. The molecule has 0 bridgehead atoms. The number of hydrogen-bond donors (Lipinski definition) is 2. The number of amides is 1. The Bertz CT molecular complexity index is 928. The summed E-state index contributed by atoms with van der Waals surface area (Å²) in [6.07, 6.45) is 1.45. The van der Waals surface area contributed by atoms with Gasteiger partial charge in [-0.3, -0.25) is 4.79 Å². The average Bonchev–Trinajstić information content (AvgIpc) is 3.00. The first kappa shape index (κ1) is 15.2. The van der Waals surface area contributed by atoms with Gasteiger partial charge in [0.05, 0.1) is 11.3 Å². The van der Waals surface area contributed by atoms with Crippen molar-refractivity contribution in [3.05, 3.63) is 59.6 Å². The zero-order valence-corrected chi connectivity index (χ0v) is 12.6. The zero-order chi connectivity index (χ0) is 16.9. The molecule has 1 amide bonds. The second-order valence-electron chi connectivity index (χ2n) is 4.82. The minimum absolute atomic E-state index is 0.153. The Morgan fingerprint density at radius 1 is 1.29 bits per heavy atom. The van der Waals surface area contributed by atoms with Gasteiger partial charge in [0.1, 0.15) is 17.5 Å². The number of benzene rings is 1. The molecule has 0 aliphatic heterocycles. The standard InChI is InChI=1S/C16H12N6O2/c1-10-8-14(22-24-10)21-16-18-7-6-13(20-16)15(23)19-12-5-3-2-4-11(12)9-17/h2-8H,1H3,(H,19,23)(H,18,20,21,22). The first-order chi connectivity index (χ1) is 11.7. The van der Waals surface area contributed by atoms with Crippen LogP contribution in [-0.2, 0) is 0 Å². The van der Waals surface area contributed by atoms with Crippen LogP contribution in [0.5, 0.6) is 0 Å². The van der Waals surface area contributed by atoms with Gasteiger partial charge in [-0.1, -0.05) is 17.3 Å². The second-order valence-corrected chi connectivity index (χ2v) is 4.82. The van der Waals surface area contributed by atoms with E-state index in [9.17, 15) is 4.79 Å². The topological polar surface area (TPSA) is 117 Å². The van der Waals surface area contributed by atoms with Gasteiger partial charge in [0.25, 0.3) is 5.91 Å². The van der Waals surface area contributed by atoms with Gasteiger partial charge in [0.2, 0.25) is 5.95 Å². The van der Waals surface area contributed by atoms with Crippen LogP contribution in [0, 0.1) is 18.3 Å². The summed E-state index contributed by atoms with van der Waals surface area (Å²) >= 11 is 0. The van der Waals surface area contributed by atoms with Crippen LogP contribution in [0.1, 0.15) is 21.8 Å². The summed E-state index contributed by atoms with van der Waals surface area (Å²) in [7, 11) is 0. The van der Waals surface area contributed by atoms with Gasteiger partial charge < -0.3 is 15.2 Å². The number of para-hydroxylation sites is 1. The Morgan fingerprint density at radius 2 is 2.12 bits per heavy atom. The highest BCUT2D eigenvalue weighted by Gasteiger charge is 2.12. The molecule has 8 heteroatoms. The van der Waals surface area contributed by atoms with Crippen molar-refractivity contribution in [2.75, 3.05) is 10.6 Å². The molecule has 0 spiro atoms. The molecule has 2 heterocycles. The van der Waals surface area contributed by atoms with E-state index in [0.29, 0.717) is 22.8 Å². The van der Waals surface area contributed by atoms with E-state index >= 15 is 0 Å². The van der Waals surface area contributed by atoms with Gasteiger partial charge >= 0.3 is 0 Å². The monoisotopic (exact) mass is 320 g/mol. The summed E-state index contributed by atoms with van der Waals surface area (Å²) in [5.74, 6) is 0.850. The molecule has 0 saturated heterocycles. The number of nitriles is 1. The van der Waals surface area contributed by atoms with E-state index in [4.69, 9.17) is 9.78 Å². The van der Waals surface area contributed by atoms with Crippen molar-refractivity contribution in [3.8, 4) is 6.07 Å². The summed E-state index contributed by atoms with van der Waals surface area (Å²) in [4.78, 5) is 20.5. The van der Waals surface area contributed by atoms with E-state index in [1.54, 1.807) is 37.3 Å². The molecule has 0 unspecified atom stereocenters. The number of carbonyl (C=O) groups excluding carboxylic acids is 1. The molecule has 0 aliphatic rings.